The average molecular weight is 405 g/mol. The quantitative estimate of drug-likeness (QED) is 0.496. The van der Waals surface area contributed by atoms with Crippen LogP contribution >= 0.6 is 11.3 Å². The lowest BCUT2D eigenvalue weighted by atomic mass is 10.3. The number of rotatable bonds is 5. The third-order valence-electron chi connectivity index (χ3n) is 3.53. The molecule has 4 heterocycles. The summed E-state index contributed by atoms with van der Waals surface area (Å²) in [6.45, 7) is 0.365. The molecule has 0 saturated heterocycles. The van der Waals surface area contributed by atoms with Crippen LogP contribution in [0, 0.1) is 0 Å². The van der Waals surface area contributed by atoms with Gasteiger partial charge in [0.25, 0.3) is 0 Å². The number of aromatic nitrogens is 6. The summed E-state index contributed by atoms with van der Waals surface area (Å²) in [6, 6.07) is 5.13. The molecule has 0 aromatic carbocycles. The number of thiophene rings is 1. The van der Waals surface area contributed by atoms with E-state index >= 15 is 0 Å². The van der Waals surface area contributed by atoms with Gasteiger partial charge in [0.15, 0.2) is 5.82 Å². The van der Waals surface area contributed by atoms with E-state index < -0.39 is 12.1 Å². The molecule has 0 unspecified atom stereocenters. The number of nitrogens with zero attached hydrogens (tertiary/aromatic N) is 7. The lowest BCUT2D eigenvalue weighted by Crippen LogP contribution is -2.18. The molecule has 28 heavy (non-hydrogen) atoms. The van der Waals surface area contributed by atoms with Gasteiger partial charge in [-0.15, -0.1) is 11.3 Å². The van der Waals surface area contributed by atoms with Crippen molar-refractivity contribution >= 4 is 23.0 Å². The van der Waals surface area contributed by atoms with Crippen LogP contribution < -0.4 is 4.90 Å². The average Bonchev–Trinajstić information content (AvgIpc) is 3.37. The first kappa shape index (κ1) is 18.0. The number of hydrogen-bond donors (Lipinski definition) is 0. The number of halogens is 3. The molecule has 0 aliphatic heterocycles. The molecule has 4 aromatic rings. The van der Waals surface area contributed by atoms with Crippen LogP contribution in [0.1, 0.15) is 10.8 Å². The molecule has 0 spiro atoms. The van der Waals surface area contributed by atoms with E-state index in [2.05, 4.69) is 34.6 Å². The van der Waals surface area contributed by atoms with E-state index in [4.69, 9.17) is 0 Å². The number of hydrogen-bond acceptors (Lipinski definition) is 9. The van der Waals surface area contributed by atoms with Gasteiger partial charge in [0.2, 0.25) is 5.82 Å². The summed E-state index contributed by atoms with van der Waals surface area (Å²) < 4.78 is 42.2. The first-order chi connectivity index (χ1) is 13.5. The van der Waals surface area contributed by atoms with Crippen molar-refractivity contribution in [3.63, 3.8) is 0 Å². The zero-order chi connectivity index (χ0) is 19.6. The summed E-state index contributed by atoms with van der Waals surface area (Å²) in [5.41, 5.74) is 0. The summed E-state index contributed by atoms with van der Waals surface area (Å²) in [6.07, 6.45) is 3.04. The SMILES string of the molecule is FC(F)(F)c1nc(-c2ccc(CN(c3ccncn3)c3cnccn3)s2)no1. The van der Waals surface area contributed by atoms with Crippen molar-refractivity contribution in [1.29, 1.82) is 0 Å². The van der Waals surface area contributed by atoms with Crippen molar-refractivity contribution in [2.24, 2.45) is 0 Å². The molecule has 12 heteroatoms. The number of alkyl halides is 3. The fourth-order valence-corrected chi connectivity index (χ4v) is 3.25. The minimum atomic E-state index is -4.68. The summed E-state index contributed by atoms with van der Waals surface area (Å²) in [5, 5.41) is 3.41. The fourth-order valence-electron chi connectivity index (χ4n) is 2.33. The molecule has 142 valence electrons. The van der Waals surface area contributed by atoms with Crippen LogP contribution in [0.2, 0.25) is 0 Å². The van der Waals surface area contributed by atoms with Crippen LogP contribution in [0.3, 0.4) is 0 Å². The van der Waals surface area contributed by atoms with Crippen molar-refractivity contribution in [1.82, 2.24) is 30.1 Å². The van der Waals surface area contributed by atoms with Crippen LogP contribution in [0.25, 0.3) is 10.7 Å². The van der Waals surface area contributed by atoms with Gasteiger partial charge in [0.1, 0.15) is 12.1 Å². The van der Waals surface area contributed by atoms with E-state index in [1.54, 1.807) is 43.0 Å². The molecule has 0 saturated carbocycles. The normalized spacial score (nSPS) is 11.5. The van der Waals surface area contributed by atoms with Gasteiger partial charge in [-0.2, -0.15) is 18.2 Å². The maximum Gasteiger partial charge on any atom is 0.471 e. The third-order valence-corrected chi connectivity index (χ3v) is 4.60. The molecule has 4 aromatic heterocycles. The third kappa shape index (κ3) is 3.81. The Morgan fingerprint density at radius 2 is 1.89 bits per heavy atom. The molecule has 0 fully saturated rings. The molecule has 0 bridgehead atoms. The molecule has 4 rings (SSSR count). The smallest absolute Gasteiger partial charge is 0.329 e. The van der Waals surface area contributed by atoms with E-state index in [0.29, 0.717) is 23.1 Å². The van der Waals surface area contributed by atoms with Gasteiger partial charge in [-0.25, -0.2) is 15.0 Å². The van der Waals surface area contributed by atoms with Crippen molar-refractivity contribution in [2.45, 2.75) is 12.7 Å². The highest BCUT2D eigenvalue weighted by Crippen LogP contribution is 2.33. The Labute approximate surface area is 159 Å². The molecule has 0 N–H and O–H groups in total. The molecule has 0 amide bonds. The highest BCUT2D eigenvalue weighted by molar-refractivity contribution is 7.15. The first-order valence-electron chi connectivity index (χ1n) is 7.80. The Kier molecular flexibility index (Phi) is 4.69. The maximum atomic E-state index is 12.6. The molecule has 0 aliphatic rings. The van der Waals surface area contributed by atoms with E-state index in [9.17, 15) is 13.2 Å². The topological polar surface area (TPSA) is 93.7 Å². The summed E-state index contributed by atoms with van der Waals surface area (Å²) >= 11 is 1.24. The van der Waals surface area contributed by atoms with Crippen LogP contribution in [-0.2, 0) is 12.7 Å². The zero-order valence-electron chi connectivity index (χ0n) is 13.9. The van der Waals surface area contributed by atoms with Crippen molar-refractivity contribution in [2.75, 3.05) is 4.90 Å². The molecule has 0 radical (unpaired) electrons. The molecular weight excluding hydrogens is 395 g/mol. The second-order valence-corrected chi connectivity index (χ2v) is 6.57. The molecular formula is C16H10F3N7OS. The highest BCUT2D eigenvalue weighted by atomic mass is 32.1. The maximum absolute atomic E-state index is 12.6. The van der Waals surface area contributed by atoms with Gasteiger partial charge >= 0.3 is 12.1 Å². The van der Waals surface area contributed by atoms with Crippen LogP contribution in [0.15, 0.2) is 53.8 Å². The summed E-state index contributed by atoms with van der Waals surface area (Å²) in [4.78, 5) is 23.0. The Bertz CT molecular complexity index is 1010. The van der Waals surface area contributed by atoms with Gasteiger partial charge in [-0.3, -0.25) is 4.98 Å². The van der Waals surface area contributed by atoms with E-state index in [-0.39, 0.29) is 5.82 Å². The van der Waals surface area contributed by atoms with Gasteiger partial charge in [-0.05, 0) is 18.2 Å². The predicted octanol–water partition coefficient (Wildman–Crippen LogP) is 3.74. The Morgan fingerprint density at radius 3 is 2.57 bits per heavy atom. The summed E-state index contributed by atoms with van der Waals surface area (Å²) in [7, 11) is 0. The highest BCUT2D eigenvalue weighted by Gasteiger charge is 2.38. The lowest BCUT2D eigenvalue weighted by Gasteiger charge is -2.21. The van der Waals surface area contributed by atoms with E-state index in [1.165, 1.54) is 17.7 Å². The molecule has 0 aliphatic carbocycles. The fraction of sp³-hybridized carbons (Fsp3) is 0.125. The van der Waals surface area contributed by atoms with Gasteiger partial charge in [0, 0.05) is 23.5 Å². The van der Waals surface area contributed by atoms with Gasteiger partial charge in [0.05, 0.1) is 17.6 Å². The molecule has 0 atom stereocenters. The van der Waals surface area contributed by atoms with Crippen molar-refractivity contribution in [3.8, 4) is 10.7 Å². The predicted molar refractivity (Wildman–Crippen MR) is 92.5 cm³/mol. The van der Waals surface area contributed by atoms with Crippen LogP contribution in [-0.4, -0.2) is 30.1 Å². The zero-order valence-corrected chi connectivity index (χ0v) is 14.7. The van der Waals surface area contributed by atoms with E-state index in [0.717, 1.165) is 4.88 Å². The minimum absolute atomic E-state index is 0.114. The van der Waals surface area contributed by atoms with Crippen molar-refractivity contribution in [3.05, 3.63) is 60.1 Å². The van der Waals surface area contributed by atoms with E-state index in [1.807, 2.05) is 4.90 Å². The monoisotopic (exact) mass is 405 g/mol. The second kappa shape index (κ2) is 7.31. The molecule has 8 nitrogen and oxygen atoms in total. The summed E-state index contributed by atoms with van der Waals surface area (Å²) in [5.74, 6) is -0.323. The largest absolute Gasteiger partial charge is 0.471 e. The Balaban J connectivity index is 1.61. The van der Waals surface area contributed by atoms with Gasteiger partial charge < -0.3 is 9.42 Å². The number of anilines is 2. The van der Waals surface area contributed by atoms with Crippen LogP contribution in [0.4, 0.5) is 24.8 Å². The standard InChI is InChI=1S/C16H10F3N7OS/c17-16(18,19)15-24-14(25-27-15)11-2-1-10(28-11)8-26(12-3-4-21-9-23-12)13-7-20-5-6-22-13/h1-7,9H,8H2. The Hall–Kier alpha value is -3.41. The van der Waals surface area contributed by atoms with Crippen molar-refractivity contribution < 1.29 is 17.7 Å². The van der Waals surface area contributed by atoms with Crippen LogP contribution in [0.5, 0.6) is 0 Å². The minimum Gasteiger partial charge on any atom is -0.329 e. The first-order valence-corrected chi connectivity index (χ1v) is 8.62. The lowest BCUT2D eigenvalue weighted by molar-refractivity contribution is -0.159. The second-order valence-electron chi connectivity index (χ2n) is 5.40. The van der Waals surface area contributed by atoms with Gasteiger partial charge in [-0.1, -0.05) is 5.16 Å². The Morgan fingerprint density at radius 1 is 1.00 bits per heavy atom.